The zero-order chi connectivity index (χ0) is 9.36. The van der Waals surface area contributed by atoms with E-state index in [4.69, 9.17) is 4.74 Å². The van der Waals surface area contributed by atoms with Gasteiger partial charge in [0.1, 0.15) is 0 Å². The summed E-state index contributed by atoms with van der Waals surface area (Å²) in [6.07, 6.45) is 6.53. The molecule has 0 fully saturated rings. The number of ether oxygens (including phenoxy) is 1. The fraction of sp³-hybridized carbons (Fsp3) is 0.545. The van der Waals surface area contributed by atoms with E-state index in [0.29, 0.717) is 0 Å². The van der Waals surface area contributed by atoms with Crippen LogP contribution in [0.15, 0.2) is 24.4 Å². The molecule has 1 aromatic rings. The molecule has 1 aromatic heterocycles. The highest BCUT2D eigenvalue weighted by molar-refractivity contribution is 5.03. The van der Waals surface area contributed by atoms with E-state index < -0.39 is 0 Å². The van der Waals surface area contributed by atoms with E-state index in [9.17, 15) is 0 Å². The van der Waals surface area contributed by atoms with E-state index in [1.165, 1.54) is 18.5 Å². The number of aromatic nitrogens is 1. The molecule has 2 nitrogen and oxygen atoms in total. The van der Waals surface area contributed by atoms with Crippen molar-refractivity contribution in [3.8, 4) is 0 Å². The Morgan fingerprint density at radius 3 is 2.85 bits per heavy atom. The molecular formula is C11H17NO. The normalized spacial score (nSPS) is 10.2. The van der Waals surface area contributed by atoms with Crippen molar-refractivity contribution in [2.45, 2.75) is 25.7 Å². The monoisotopic (exact) mass is 179 g/mol. The Balaban J connectivity index is 2.07. The van der Waals surface area contributed by atoms with Crippen LogP contribution < -0.4 is 0 Å². The van der Waals surface area contributed by atoms with Crippen molar-refractivity contribution in [1.82, 2.24) is 4.98 Å². The molecule has 2 heteroatoms. The van der Waals surface area contributed by atoms with Gasteiger partial charge in [-0.15, -0.1) is 0 Å². The van der Waals surface area contributed by atoms with Gasteiger partial charge in [-0.2, -0.15) is 0 Å². The van der Waals surface area contributed by atoms with Crippen molar-refractivity contribution in [2.24, 2.45) is 0 Å². The van der Waals surface area contributed by atoms with Crippen molar-refractivity contribution in [2.75, 3.05) is 13.7 Å². The van der Waals surface area contributed by atoms with E-state index in [2.05, 4.69) is 11.1 Å². The SMILES string of the molecule is COCCCCCc1ccccn1. The highest BCUT2D eigenvalue weighted by Gasteiger charge is 1.92. The Hall–Kier alpha value is -0.890. The molecule has 72 valence electrons. The first-order valence-electron chi connectivity index (χ1n) is 4.82. The summed E-state index contributed by atoms with van der Waals surface area (Å²) in [4.78, 5) is 4.27. The number of pyridine rings is 1. The highest BCUT2D eigenvalue weighted by atomic mass is 16.5. The molecule has 0 saturated carbocycles. The van der Waals surface area contributed by atoms with Gasteiger partial charge in [0.05, 0.1) is 0 Å². The van der Waals surface area contributed by atoms with Crippen molar-refractivity contribution < 1.29 is 4.74 Å². The van der Waals surface area contributed by atoms with Gasteiger partial charge in [-0.05, 0) is 31.4 Å². The highest BCUT2D eigenvalue weighted by Crippen LogP contribution is 2.03. The second-order valence-electron chi connectivity index (χ2n) is 3.12. The van der Waals surface area contributed by atoms with Crippen LogP contribution in [0.5, 0.6) is 0 Å². The van der Waals surface area contributed by atoms with Gasteiger partial charge >= 0.3 is 0 Å². The van der Waals surface area contributed by atoms with Gasteiger partial charge < -0.3 is 4.74 Å². The first-order valence-corrected chi connectivity index (χ1v) is 4.82. The van der Waals surface area contributed by atoms with Crippen LogP contribution in [0.3, 0.4) is 0 Å². The summed E-state index contributed by atoms with van der Waals surface area (Å²) in [6, 6.07) is 6.07. The van der Waals surface area contributed by atoms with E-state index in [1.807, 2.05) is 18.3 Å². The number of aryl methyl sites for hydroxylation is 1. The van der Waals surface area contributed by atoms with Crippen LogP contribution in [-0.4, -0.2) is 18.7 Å². The number of rotatable bonds is 6. The Bertz CT molecular complexity index is 211. The third-order valence-corrected chi connectivity index (χ3v) is 2.01. The quantitative estimate of drug-likeness (QED) is 0.626. The van der Waals surface area contributed by atoms with Crippen molar-refractivity contribution >= 4 is 0 Å². The van der Waals surface area contributed by atoms with E-state index in [1.54, 1.807) is 7.11 Å². The number of nitrogens with zero attached hydrogens (tertiary/aromatic N) is 1. The van der Waals surface area contributed by atoms with Crippen LogP contribution in [0.4, 0.5) is 0 Å². The smallest absolute Gasteiger partial charge is 0.0462 e. The second-order valence-corrected chi connectivity index (χ2v) is 3.12. The molecule has 0 atom stereocenters. The van der Waals surface area contributed by atoms with Crippen LogP contribution in [0.25, 0.3) is 0 Å². The van der Waals surface area contributed by atoms with Gasteiger partial charge in [0.2, 0.25) is 0 Å². The molecule has 0 aliphatic heterocycles. The predicted octanol–water partition coefficient (Wildman–Crippen LogP) is 2.44. The van der Waals surface area contributed by atoms with Gasteiger partial charge in [0.25, 0.3) is 0 Å². The molecule has 0 bridgehead atoms. The number of hydrogen-bond acceptors (Lipinski definition) is 2. The zero-order valence-electron chi connectivity index (χ0n) is 8.20. The number of methoxy groups -OCH3 is 1. The first-order chi connectivity index (χ1) is 6.43. The van der Waals surface area contributed by atoms with Gasteiger partial charge in [-0.3, -0.25) is 4.98 Å². The largest absolute Gasteiger partial charge is 0.385 e. The summed E-state index contributed by atoms with van der Waals surface area (Å²) in [6.45, 7) is 0.877. The fourth-order valence-corrected chi connectivity index (χ4v) is 1.28. The molecule has 1 rings (SSSR count). The molecule has 0 amide bonds. The third-order valence-electron chi connectivity index (χ3n) is 2.01. The molecular weight excluding hydrogens is 162 g/mol. The maximum absolute atomic E-state index is 4.98. The average molecular weight is 179 g/mol. The van der Waals surface area contributed by atoms with Gasteiger partial charge in [0, 0.05) is 25.6 Å². The minimum atomic E-state index is 0.877. The first kappa shape index (κ1) is 10.2. The summed E-state index contributed by atoms with van der Waals surface area (Å²) < 4.78 is 4.98. The van der Waals surface area contributed by atoms with Gasteiger partial charge in [-0.1, -0.05) is 12.5 Å². The summed E-state index contributed by atoms with van der Waals surface area (Å²) in [5.74, 6) is 0. The number of hydrogen-bond donors (Lipinski definition) is 0. The van der Waals surface area contributed by atoms with Crippen LogP contribution in [0.1, 0.15) is 25.0 Å². The standard InChI is InChI=1S/C11H17NO/c1-13-10-6-2-3-7-11-8-4-5-9-12-11/h4-5,8-9H,2-3,6-7,10H2,1H3. The summed E-state index contributed by atoms with van der Waals surface area (Å²) in [7, 11) is 1.75. The molecule has 13 heavy (non-hydrogen) atoms. The molecule has 0 saturated heterocycles. The Kier molecular flexibility index (Phi) is 5.18. The molecule has 0 aliphatic rings. The molecule has 0 aliphatic carbocycles. The second kappa shape index (κ2) is 6.61. The minimum absolute atomic E-state index is 0.877. The Morgan fingerprint density at radius 1 is 1.23 bits per heavy atom. The van der Waals surface area contributed by atoms with Crippen LogP contribution in [0.2, 0.25) is 0 Å². The Morgan fingerprint density at radius 2 is 2.15 bits per heavy atom. The lowest BCUT2D eigenvalue weighted by Gasteiger charge is -2.00. The van der Waals surface area contributed by atoms with Crippen molar-refractivity contribution in [3.63, 3.8) is 0 Å². The average Bonchev–Trinajstić information content (AvgIpc) is 2.19. The lowest BCUT2D eigenvalue weighted by atomic mass is 10.1. The molecule has 0 unspecified atom stereocenters. The maximum Gasteiger partial charge on any atom is 0.0462 e. The Labute approximate surface area is 80.0 Å². The summed E-state index contributed by atoms with van der Waals surface area (Å²) in [5.41, 5.74) is 1.19. The maximum atomic E-state index is 4.98. The van der Waals surface area contributed by atoms with Crippen LogP contribution >= 0.6 is 0 Å². The molecule has 0 aromatic carbocycles. The summed E-state index contributed by atoms with van der Waals surface area (Å²) in [5, 5.41) is 0. The van der Waals surface area contributed by atoms with Crippen LogP contribution in [-0.2, 0) is 11.2 Å². The fourth-order valence-electron chi connectivity index (χ4n) is 1.28. The van der Waals surface area contributed by atoms with E-state index in [-0.39, 0.29) is 0 Å². The van der Waals surface area contributed by atoms with E-state index >= 15 is 0 Å². The van der Waals surface area contributed by atoms with E-state index in [0.717, 1.165) is 19.4 Å². The topological polar surface area (TPSA) is 22.1 Å². The third kappa shape index (κ3) is 4.63. The van der Waals surface area contributed by atoms with Crippen LogP contribution in [0, 0.1) is 0 Å². The molecule has 0 N–H and O–H groups in total. The lowest BCUT2D eigenvalue weighted by molar-refractivity contribution is 0.192. The summed E-state index contributed by atoms with van der Waals surface area (Å²) >= 11 is 0. The molecule has 0 radical (unpaired) electrons. The minimum Gasteiger partial charge on any atom is -0.385 e. The predicted molar refractivity (Wildman–Crippen MR) is 53.7 cm³/mol. The van der Waals surface area contributed by atoms with Gasteiger partial charge in [-0.25, -0.2) is 0 Å². The zero-order valence-corrected chi connectivity index (χ0v) is 8.20. The van der Waals surface area contributed by atoms with Gasteiger partial charge in [0.15, 0.2) is 0 Å². The lowest BCUT2D eigenvalue weighted by Crippen LogP contribution is -1.92. The molecule has 1 heterocycles. The molecule has 0 spiro atoms. The number of unbranched alkanes of at least 4 members (excludes halogenated alkanes) is 2. The van der Waals surface area contributed by atoms with Crippen molar-refractivity contribution in [3.05, 3.63) is 30.1 Å². The van der Waals surface area contributed by atoms with Crippen molar-refractivity contribution in [1.29, 1.82) is 0 Å².